The summed E-state index contributed by atoms with van der Waals surface area (Å²) in [6, 6.07) is 8.48. The normalized spacial score (nSPS) is 12.2. The van der Waals surface area contributed by atoms with E-state index in [2.05, 4.69) is 26.2 Å². The Labute approximate surface area is 202 Å². The van der Waals surface area contributed by atoms with Crippen LogP contribution in [0.2, 0.25) is 0 Å². The molecule has 36 heavy (non-hydrogen) atoms. The number of amides is 2. The number of hydrogen-bond acceptors (Lipinski definition) is 11. The second-order valence-corrected chi connectivity index (χ2v) is 7.35. The van der Waals surface area contributed by atoms with Crippen LogP contribution < -0.4 is 20.1 Å². The molecule has 0 unspecified atom stereocenters. The molecule has 0 saturated carbocycles. The average molecular weight is 497 g/mol. The van der Waals surface area contributed by atoms with Crippen LogP contribution >= 0.6 is 0 Å². The molecule has 3 aromatic rings. The highest BCUT2D eigenvalue weighted by molar-refractivity contribution is 6.02. The summed E-state index contributed by atoms with van der Waals surface area (Å²) in [6.45, 7) is -0.239. The molecule has 0 atom stereocenters. The molecule has 15 nitrogen and oxygen atoms in total. The van der Waals surface area contributed by atoms with E-state index in [-0.39, 0.29) is 35.0 Å². The van der Waals surface area contributed by atoms with Gasteiger partial charge < -0.3 is 24.8 Å². The summed E-state index contributed by atoms with van der Waals surface area (Å²) in [4.78, 5) is 48.0. The molecule has 1 aliphatic heterocycles. The maximum Gasteiger partial charge on any atom is 0.340 e. The molecule has 15 heteroatoms. The van der Waals surface area contributed by atoms with Gasteiger partial charge in [0.2, 0.25) is 5.91 Å². The number of ether oxygens (including phenoxy) is 3. The first kappa shape index (κ1) is 24.1. The highest BCUT2D eigenvalue weighted by atomic mass is 16.6. The quantitative estimate of drug-likeness (QED) is 0.258. The van der Waals surface area contributed by atoms with Crippen LogP contribution in [0.25, 0.3) is 0 Å². The number of anilines is 2. The average Bonchev–Trinajstić information content (AvgIpc) is 3.25. The summed E-state index contributed by atoms with van der Waals surface area (Å²) in [7, 11) is 0. The second-order valence-electron chi connectivity index (χ2n) is 7.35. The number of nitro benzene ring substituents is 1. The van der Waals surface area contributed by atoms with E-state index in [1.165, 1.54) is 29.2 Å². The smallest absolute Gasteiger partial charge is 0.340 e. The molecule has 0 bridgehead atoms. The van der Waals surface area contributed by atoms with Gasteiger partial charge in [0.05, 0.1) is 35.5 Å². The predicted molar refractivity (Wildman–Crippen MR) is 121 cm³/mol. The van der Waals surface area contributed by atoms with Crippen LogP contribution in [-0.4, -0.2) is 62.7 Å². The number of nitro groups is 1. The number of fused-ring (bicyclic) bond motifs is 1. The van der Waals surface area contributed by atoms with Gasteiger partial charge in [-0.1, -0.05) is 12.1 Å². The van der Waals surface area contributed by atoms with E-state index < -0.39 is 35.0 Å². The Kier molecular flexibility index (Phi) is 7.28. The standard InChI is InChI=1S/C21H19N7O8/c29-19(10-27-12-22-25-26-27)23-14-5-2-1-4-13(14)21(31)36-11-20(30)24-15-8-17-18(9-16(15)28(32)33)35-7-3-6-34-17/h1-2,4-5,8-9,12H,3,6-7,10-11H2,(H,23,29)(H,24,30). The topological polar surface area (TPSA) is 190 Å². The molecule has 186 valence electrons. The van der Waals surface area contributed by atoms with Crippen molar-refractivity contribution in [3.63, 3.8) is 0 Å². The van der Waals surface area contributed by atoms with Gasteiger partial charge in [-0.25, -0.2) is 9.48 Å². The Morgan fingerprint density at radius 2 is 1.78 bits per heavy atom. The van der Waals surface area contributed by atoms with Crippen molar-refractivity contribution in [1.29, 1.82) is 0 Å². The van der Waals surface area contributed by atoms with Crippen LogP contribution in [0.1, 0.15) is 16.8 Å². The third-order valence-corrected chi connectivity index (χ3v) is 4.79. The number of esters is 1. The van der Waals surface area contributed by atoms with Crippen LogP contribution in [-0.2, 0) is 20.9 Å². The summed E-state index contributed by atoms with van der Waals surface area (Å²) in [5.41, 5.74) is -0.397. The lowest BCUT2D eigenvalue weighted by Gasteiger charge is -2.12. The van der Waals surface area contributed by atoms with E-state index in [4.69, 9.17) is 14.2 Å². The fourth-order valence-corrected chi connectivity index (χ4v) is 3.20. The van der Waals surface area contributed by atoms with Gasteiger partial charge in [0, 0.05) is 12.5 Å². The Morgan fingerprint density at radius 1 is 1.06 bits per heavy atom. The zero-order chi connectivity index (χ0) is 25.5. The Bertz CT molecular complexity index is 1300. The molecular weight excluding hydrogens is 478 g/mol. The molecule has 1 aromatic heterocycles. The first-order valence-corrected chi connectivity index (χ1v) is 10.6. The summed E-state index contributed by atoms with van der Waals surface area (Å²) < 4.78 is 17.2. The van der Waals surface area contributed by atoms with Crippen molar-refractivity contribution in [1.82, 2.24) is 20.2 Å². The number of rotatable bonds is 8. The van der Waals surface area contributed by atoms with Gasteiger partial charge in [-0.15, -0.1) is 5.10 Å². The summed E-state index contributed by atoms with van der Waals surface area (Å²) in [5.74, 6) is -1.76. The van der Waals surface area contributed by atoms with Crippen molar-refractivity contribution in [2.24, 2.45) is 0 Å². The van der Waals surface area contributed by atoms with Gasteiger partial charge in [-0.2, -0.15) is 0 Å². The lowest BCUT2D eigenvalue weighted by molar-refractivity contribution is -0.384. The number of nitrogens with zero attached hydrogens (tertiary/aromatic N) is 5. The van der Waals surface area contributed by atoms with Gasteiger partial charge in [-0.05, 0) is 22.6 Å². The molecule has 0 radical (unpaired) electrons. The Balaban J connectivity index is 1.40. The van der Waals surface area contributed by atoms with Crippen molar-refractivity contribution in [2.75, 3.05) is 30.5 Å². The van der Waals surface area contributed by atoms with Gasteiger partial charge >= 0.3 is 5.97 Å². The highest BCUT2D eigenvalue weighted by Gasteiger charge is 2.24. The molecular formula is C21H19N7O8. The summed E-state index contributed by atoms with van der Waals surface area (Å²) >= 11 is 0. The number of carbonyl (C=O) groups is 3. The number of hydrogen-bond donors (Lipinski definition) is 2. The first-order chi connectivity index (χ1) is 17.4. The summed E-state index contributed by atoms with van der Waals surface area (Å²) in [6.07, 6.45) is 1.85. The van der Waals surface area contributed by atoms with Gasteiger partial charge in [0.25, 0.3) is 11.6 Å². The lowest BCUT2D eigenvalue weighted by atomic mass is 10.2. The number of benzene rings is 2. The Hall–Kier alpha value is -5.08. The molecule has 4 rings (SSSR count). The molecule has 2 amide bonds. The van der Waals surface area contributed by atoms with Crippen molar-refractivity contribution in [3.05, 3.63) is 58.4 Å². The predicted octanol–water partition coefficient (Wildman–Crippen LogP) is 1.18. The van der Waals surface area contributed by atoms with Gasteiger partial charge in [0.15, 0.2) is 18.1 Å². The molecule has 0 fully saturated rings. The second kappa shape index (κ2) is 10.9. The lowest BCUT2D eigenvalue weighted by Crippen LogP contribution is -2.23. The third kappa shape index (κ3) is 5.88. The molecule has 1 aliphatic rings. The zero-order valence-electron chi connectivity index (χ0n) is 18.6. The Morgan fingerprint density at radius 3 is 2.50 bits per heavy atom. The van der Waals surface area contributed by atoms with E-state index in [1.54, 1.807) is 12.1 Å². The van der Waals surface area contributed by atoms with Crippen LogP contribution in [0, 0.1) is 10.1 Å². The molecule has 2 heterocycles. The van der Waals surface area contributed by atoms with E-state index in [0.29, 0.717) is 19.6 Å². The van der Waals surface area contributed by atoms with Crippen molar-refractivity contribution < 1.29 is 33.5 Å². The third-order valence-electron chi connectivity index (χ3n) is 4.79. The fraction of sp³-hybridized carbons (Fsp3) is 0.238. The number of tetrazole rings is 1. The van der Waals surface area contributed by atoms with Crippen molar-refractivity contribution in [3.8, 4) is 11.5 Å². The maximum absolute atomic E-state index is 12.6. The van der Waals surface area contributed by atoms with Crippen LogP contribution in [0.15, 0.2) is 42.7 Å². The number of aromatic nitrogens is 4. The van der Waals surface area contributed by atoms with E-state index in [1.807, 2.05) is 0 Å². The van der Waals surface area contributed by atoms with Crippen LogP contribution in [0.4, 0.5) is 17.1 Å². The highest BCUT2D eigenvalue weighted by Crippen LogP contribution is 2.39. The minimum Gasteiger partial charge on any atom is -0.489 e. The van der Waals surface area contributed by atoms with Gasteiger partial charge in [0.1, 0.15) is 18.6 Å². The zero-order valence-corrected chi connectivity index (χ0v) is 18.6. The molecule has 0 aliphatic carbocycles. The molecule has 0 saturated heterocycles. The van der Waals surface area contributed by atoms with Crippen LogP contribution in [0.3, 0.4) is 0 Å². The number of carbonyl (C=O) groups excluding carboxylic acids is 3. The minimum atomic E-state index is -0.892. The summed E-state index contributed by atoms with van der Waals surface area (Å²) in [5, 5.41) is 26.8. The van der Waals surface area contributed by atoms with E-state index in [9.17, 15) is 24.5 Å². The molecule has 0 spiro atoms. The van der Waals surface area contributed by atoms with E-state index >= 15 is 0 Å². The SMILES string of the molecule is O=C(Cn1cnnn1)Nc1ccccc1C(=O)OCC(=O)Nc1cc2c(cc1[N+](=O)[O-])OCCCO2. The number of para-hydroxylation sites is 1. The first-order valence-electron chi connectivity index (χ1n) is 10.6. The van der Waals surface area contributed by atoms with Crippen molar-refractivity contribution >= 4 is 34.8 Å². The number of nitrogens with one attached hydrogen (secondary N) is 2. The van der Waals surface area contributed by atoms with Crippen LogP contribution in [0.5, 0.6) is 11.5 Å². The van der Waals surface area contributed by atoms with Crippen molar-refractivity contribution in [2.45, 2.75) is 13.0 Å². The van der Waals surface area contributed by atoms with Gasteiger partial charge in [-0.3, -0.25) is 19.7 Å². The van der Waals surface area contributed by atoms with E-state index in [0.717, 1.165) is 6.07 Å². The monoisotopic (exact) mass is 497 g/mol. The molecule has 2 N–H and O–H groups in total. The minimum absolute atomic E-state index is 0.00285. The largest absolute Gasteiger partial charge is 0.489 e. The molecule has 2 aromatic carbocycles. The fourth-order valence-electron chi connectivity index (χ4n) is 3.20. The maximum atomic E-state index is 12.6.